The number of nitrogen functional groups attached to an aromatic ring is 1. The van der Waals surface area contributed by atoms with Crippen LogP contribution in [0.5, 0.6) is 5.75 Å². The average molecular weight is 283 g/mol. The molecule has 0 unspecified atom stereocenters. The summed E-state index contributed by atoms with van der Waals surface area (Å²) in [4.78, 5) is 3.86. The Hall–Kier alpha value is -2.56. The Morgan fingerprint density at radius 1 is 1.38 bits per heavy atom. The summed E-state index contributed by atoms with van der Waals surface area (Å²) in [7, 11) is -1.64. The molecule has 0 saturated heterocycles. The first-order chi connectivity index (χ1) is 10.0. The maximum atomic E-state index is 9.14. The Morgan fingerprint density at radius 2 is 2.14 bits per heavy atom. The second-order valence-electron chi connectivity index (χ2n) is 4.52. The van der Waals surface area contributed by atoms with Gasteiger partial charge in [-0.2, -0.15) is 5.26 Å². The average Bonchev–Trinajstić information content (AvgIpc) is 2.49. The van der Waals surface area contributed by atoms with E-state index in [0.29, 0.717) is 5.56 Å². The van der Waals surface area contributed by atoms with E-state index in [4.69, 9.17) is 25.8 Å². The summed E-state index contributed by atoms with van der Waals surface area (Å²) in [6.45, 7) is 1.80. The third-order valence-electron chi connectivity index (χ3n) is 2.99. The van der Waals surface area contributed by atoms with Crippen molar-refractivity contribution in [1.29, 1.82) is 5.26 Å². The molecule has 0 bridgehead atoms. The lowest BCUT2D eigenvalue weighted by atomic mass is 9.81. The largest absolute Gasteiger partial charge is 0.490 e. The molecule has 1 aromatic heterocycles. The molecule has 2 rings (SSSR count). The van der Waals surface area contributed by atoms with E-state index in [-0.39, 0.29) is 23.1 Å². The number of anilines is 1. The van der Waals surface area contributed by atoms with Gasteiger partial charge in [-0.3, -0.25) is 0 Å². The number of aromatic nitrogens is 1. The Kier molecular flexibility index (Phi) is 4.43. The Bertz CT molecular complexity index is 685. The van der Waals surface area contributed by atoms with Crippen LogP contribution in [0.25, 0.3) is 0 Å². The number of nitriles is 1. The number of hydrogen-bond acceptors (Lipinski definition) is 6. The van der Waals surface area contributed by atoms with Crippen molar-refractivity contribution >= 4 is 18.4 Å². The molecule has 0 aliphatic carbocycles. The third-order valence-corrected chi connectivity index (χ3v) is 2.99. The zero-order valence-corrected chi connectivity index (χ0v) is 11.4. The number of nitrogens with two attached hydrogens (primary N) is 1. The molecule has 0 radical (unpaired) electrons. The SMILES string of the molecule is C[C@@H](Oc1cc(B(O)O)cnc1N)c1cccc(C#N)c1. The van der Waals surface area contributed by atoms with Gasteiger partial charge in [-0.15, -0.1) is 0 Å². The summed E-state index contributed by atoms with van der Waals surface area (Å²) in [6.07, 6.45) is 0.905. The maximum Gasteiger partial charge on any atom is 0.490 e. The molecule has 0 aliphatic rings. The molecule has 1 atom stereocenters. The van der Waals surface area contributed by atoms with Crippen LogP contribution in [0.4, 0.5) is 5.82 Å². The number of pyridine rings is 1. The third kappa shape index (κ3) is 3.51. The second-order valence-corrected chi connectivity index (χ2v) is 4.52. The highest BCUT2D eigenvalue weighted by molar-refractivity contribution is 6.58. The zero-order valence-electron chi connectivity index (χ0n) is 11.4. The molecule has 0 fully saturated rings. The standard InChI is InChI=1S/C14H14BN3O3/c1-9(11-4-2-3-10(5-11)7-16)21-13-6-12(15(19)20)8-18-14(13)17/h2-6,8-9,19-20H,1H3,(H2,17,18)/t9-/m1/s1. The smallest absolute Gasteiger partial charge is 0.482 e. The van der Waals surface area contributed by atoms with E-state index >= 15 is 0 Å². The summed E-state index contributed by atoms with van der Waals surface area (Å²) in [5.74, 6) is 0.415. The first-order valence-electron chi connectivity index (χ1n) is 6.29. The van der Waals surface area contributed by atoms with Crippen molar-refractivity contribution < 1.29 is 14.8 Å². The van der Waals surface area contributed by atoms with Gasteiger partial charge >= 0.3 is 7.12 Å². The zero-order chi connectivity index (χ0) is 15.4. The fourth-order valence-electron chi connectivity index (χ4n) is 1.83. The molecule has 0 aliphatic heterocycles. The molecular weight excluding hydrogens is 269 g/mol. The van der Waals surface area contributed by atoms with Gasteiger partial charge in [-0.1, -0.05) is 12.1 Å². The summed E-state index contributed by atoms with van der Waals surface area (Å²) in [5, 5.41) is 27.2. The Balaban J connectivity index is 2.24. The van der Waals surface area contributed by atoms with Crippen LogP contribution < -0.4 is 15.9 Å². The molecule has 1 heterocycles. The van der Waals surface area contributed by atoms with Gasteiger partial charge in [0.15, 0.2) is 11.6 Å². The van der Waals surface area contributed by atoms with E-state index in [9.17, 15) is 0 Å². The van der Waals surface area contributed by atoms with E-state index in [2.05, 4.69) is 11.1 Å². The topological polar surface area (TPSA) is 112 Å². The normalized spacial score (nSPS) is 11.5. The summed E-state index contributed by atoms with van der Waals surface area (Å²) >= 11 is 0. The van der Waals surface area contributed by atoms with Crippen LogP contribution in [0.1, 0.15) is 24.2 Å². The van der Waals surface area contributed by atoms with Crippen LogP contribution in [0.3, 0.4) is 0 Å². The predicted octanol–water partition coefficient (Wildman–Crippen LogP) is 0.355. The quantitative estimate of drug-likeness (QED) is 0.698. The molecule has 4 N–H and O–H groups in total. The molecule has 1 aromatic carbocycles. The first kappa shape index (κ1) is 14.8. The fraction of sp³-hybridized carbons (Fsp3) is 0.143. The minimum Gasteiger partial charge on any atom is -0.482 e. The second kappa shape index (κ2) is 6.26. The summed E-state index contributed by atoms with van der Waals surface area (Å²) < 4.78 is 5.70. The van der Waals surface area contributed by atoms with Gasteiger partial charge in [0.05, 0.1) is 11.6 Å². The molecule has 2 aromatic rings. The van der Waals surface area contributed by atoms with Gasteiger partial charge in [0.2, 0.25) is 0 Å². The van der Waals surface area contributed by atoms with E-state index < -0.39 is 7.12 Å². The van der Waals surface area contributed by atoms with Gasteiger partial charge < -0.3 is 20.5 Å². The van der Waals surface area contributed by atoms with Crippen LogP contribution in [-0.2, 0) is 0 Å². The van der Waals surface area contributed by atoms with Crippen LogP contribution in [0.2, 0.25) is 0 Å². The van der Waals surface area contributed by atoms with Crippen LogP contribution in [-0.4, -0.2) is 22.2 Å². The van der Waals surface area contributed by atoms with Crippen molar-refractivity contribution in [1.82, 2.24) is 4.98 Å². The minimum atomic E-state index is -1.64. The maximum absolute atomic E-state index is 9.14. The van der Waals surface area contributed by atoms with E-state index in [1.807, 2.05) is 6.07 Å². The number of nitrogens with zero attached hydrogens (tertiary/aromatic N) is 2. The molecule has 0 saturated carbocycles. The van der Waals surface area contributed by atoms with Gasteiger partial charge in [0.1, 0.15) is 6.10 Å². The number of hydrogen-bond donors (Lipinski definition) is 3. The lowest BCUT2D eigenvalue weighted by molar-refractivity contribution is 0.227. The van der Waals surface area contributed by atoms with E-state index in [0.717, 1.165) is 5.56 Å². The molecule has 6 nitrogen and oxygen atoms in total. The molecule has 7 heteroatoms. The van der Waals surface area contributed by atoms with E-state index in [1.54, 1.807) is 25.1 Å². The molecule has 106 valence electrons. The van der Waals surface area contributed by atoms with Gasteiger partial charge in [0.25, 0.3) is 0 Å². The van der Waals surface area contributed by atoms with Crippen molar-refractivity contribution in [2.45, 2.75) is 13.0 Å². The Morgan fingerprint density at radius 3 is 2.81 bits per heavy atom. The van der Waals surface area contributed by atoms with Crippen molar-refractivity contribution in [3.05, 3.63) is 47.7 Å². The van der Waals surface area contributed by atoms with Crippen molar-refractivity contribution in [3.63, 3.8) is 0 Å². The lowest BCUT2D eigenvalue weighted by Crippen LogP contribution is -2.30. The van der Waals surface area contributed by atoms with Gasteiger partial charge in [-0.25, -0.2) is 4.98 Å². The molecular formula is C14H14BN3O3. The Labute approximate surface area is 122 Å². The van der Waals surface area contributed by atoms with Crippen LogP contribution >= 0.6 is 0 Å². The molecule has 21 heavy (non-hydrogen) atoms. The highest BCUT2D eigenvalue weighted by Crippen LogP contribution is 2.25. The van der Waals surface area contributed by atoms with Crippen LogP contribution in [0.15, 0.2) is 36.5 Å². The summed E-state index contributed by atoms with van der Waals surface area (Å²) in [5.41, 5.74) is 7.26. The minimum absolute atomic E-state index is 0.155. The van der Waals surface area contributed by atoms with E-state index in [1.165, 1.54) is 12.3 Å². The van der Waals surface area contributed by atoms with Crippen molar-refractivity contribution in [2.24, 2.45) is 0 Å². The highest BCUT2D eigenvalue weighted by atomic mass is 16.5. The first-order valence-corrected chi connectivity index (χ1v) is 6.29. The molecule has 0 amide bonds. The molecule has 0 spiro atoms. The highest BCUT2D eigenvalue weighted by Gasteiger charge is 2.16. The lowest BCUT2D eigenvalue weighted by Gasteiger charge is -2.17. The monoisotopic (exact) mass is 283 g/mol. The van der Waals surface area contributed by atoms with Gasteiger partial charge in [0, 0.05) is 11.7 Å². The van der Waals surface area contributed by atoms with Crippen molar-refractivity contribution in [3.8, 4) is 11.8 Å². The predicted molar refractivity (Wildman–Crippen MR) is 78.7 cm³/mol. The van der Waals surface area contributed by atoms with Crippen molar-refractivity contribution in [2.75, 3.05) is 5.73 Å². The van der Waals surface area contributed by atoms with Gasteiger partial charge in [-0.05, 0) is 30.7 Å². The number of benzene rings is 1. The fourth-order valence-corrected chi connectivity index (χ4v) is 1.83. The number of rotatable bonds is 4. The van der Waals surface area contributed by atoms with Crippen LogP contribution in [0, 0.1) is 11.3 Å². The number of ether oxygens (including phenoxy) is 1. The summed E-state index contributed by atoms with van der Waals surface area (Å²) in [6, 6.07) is 10.5.